The minimum Gasteiger partial charge on any atom is -0.369 e. The Morgan fingerprint density at radius 1 is 1.59 bits per heavy atom. The third-order valence-corrected chi connectivity index (χ3v) is 4.77. The average Bonchev–Trinajstić information content (AvgIpc) is 2.55. The van der Waals surface area contributed by atoms with Crippen LogP contribution in [0.5, 0.6) is 0 Å². The Kier molecular flexibility index (Phi) is 5.05. The van der Waals surface area contributed by atoms with Gasteiger partial charge >= 0.3 is 0 Å². The van der Waals surface area contributed by atoms with Crippen molar-refractivity contribution in [3.63, 3.8) is 0 Å². The molecular formula is C8H11Cl2N3O2S2. The lowest BCUT2D eigenvalue weighted by Crippen LogP contribution is -2.36. The Balaban J connectivity index is 2.93. The van der Waals surface area contributed by atoms with E-state index in [0.717, 1.165) is 17.8 Å². The summed E-state index contributed by atoms with van der Waals surface area (Å²) in [5.41, 5.74) is 5.43. The van der Waals surface area contributed by atoms with E-state index in [1.807, 2.05) is 6.92 Å². The lowest BCUT2D eigenvalue weighted by molar-refractivity contribution is 0.592. The van der Waals surface area contributed by atoms with Crippen LogP contribution in [0.15, 0.2) is 16.0 Å². The molecule has 1 aromatic rings. The smallest absolute Gasteiger partial charge is 0.266 e. The van der Waals surface area contributed by atoms with Crippen LogP contribution in [0.2, 0.25) is 8.67 Å². The molecule has 0 saturated heterocycles. The van der Waals surface area contributed by atoms with E-state index < -0.39 is 10.0 Å². The monoisotopic (exact) mass is 315 g/mol. The van der Waals surface area contributed by atoms with E-state index >= 15 is 0 Å². The highest BCUT2D eigenvalue weighted by atomic mass is 35.5. The number of nitrogens with zero attached hydrogens (tertiary/aromatic N) is 1. The number of guanidine groups is 1. The third kappa shape index (κ3) is 4.02. The van der Waals surface area contributed by atoms with Gasteiger partial charge in [0, 0.05) is 6.54 Å². The normalized spacial score (nSPS) is 12.8. The summed E-state index contributed by atoms with van der Waals surface area (Å²) < 4.78 is 26.2. The van der Waals surface area contributed by atoms with E-state index in [9.17, 15) is 8.42 Å². The van der Waals surface area contributed by atoms with Gasteiger partial charge in [0.2, 0.25) is 5.96 Å². The Hall–Kier alpha value is -0.500. The van der Waals surface area contributed by atoms with Gasteiger partial charge in [-0.25, -0.2) is 13.1 Å². The molecule has 0 aliphatic carbocycles. The number of hydrogen-bond donors (Lipinski definition) is 2. The molecule has 1 rings (SSSR count). The van der Waals surface area contributed by atoms with Gasteiger partial charge in [-0.1, -0.05) is 30.1 Å². The van der Waals surface area contributed by atoms with E-state index in [0.29, 0.717) is 10.9 Å². The first-order valence-corrected chi connectivity index (χ1v) is 7.70. The van der Waals surface area contributed by atoms with Crippen LogP contribution in [-0.4, -0.2) is 20.9 Å². The van der Waals surface area contributed by atoms with Gasteiger partial charge < -0.3 is 5.73 Å². The van der Waals surface area contributed by atoms with Gasteiger partial charge in [0.1, 0.15) is 9.23 Å². The molecule has 17 heavy (non-hydrogen) atoms. The summed E-state index contributed by atoms with van der Waals surface area (Å²) in [7, 11) is -3.81. The molecule has 0 aliphatic heterocycles. The van der Waals surface area contributed by atoms with Gasteiger partial charge in [0.15, 0.2) is 0 Å². The van der Waals surface area contributed by atoms with E-state index in [-0.39, 0.29) is 15.2 Å². The van der Waals surface area contributed by atoms with Crippen molar-refractivity contribution in [1.82, 2.24) is 4.72 Å². The fourth-order valence-corrected chi connectivity index (χ4v) is 4.07. The number of hydrogen-bond acceptors (Lipinski definition) is 4. The van der Waals surface area contributed by atoms with Crippen molar-refractivity contribution in [2.75, 3.05) is 6.54 Å². The molecular weight excluding hydrogens is 305 g/mol. The molecule has 0 amide bonds. The molecule has 0 atom stereocenters. The second kappa shape index (κ2) is 5.90. The molecule has 96 valence electrons. The van der Waals surface area contributed by atoms with E-state index in [1.54, 1.807) is 0 Å². The molecule has 0 aromatic carbocycles. The highest BCUT2D eigenvalue weighted by Gasteiger charge is 2.21. The molecule has 1 heterocycles. The van der Waals surface area contributed by atoms with E-state index in [4.69, 9.17) is 28.9 Å². The molecule has 0 unspecified atom stereocenters. The van der Waals surface area contributed by atoms with Gasteiger partial charge in [-0.15, -0.1) is 11.3 Å². The quantitative estimate of drug-likeness (QED) is 0.658. The maximum Gasteiger partial charge on any atom is 0.266 e. The maximum atomic E-state index is 11.8. The topological polar surface area (TPSA) is 84.5 Å². The van der Waals surface area contributed by atoms with Crippen molar-refractivity contribution in [2.45, 2.75) is 18.2 Å². The fraction of sp³-hybridized carbons (Fsp3) is 0.375. The van der Waals surface area contributed by atoms with E-state index in [2.05, 4.69) is 9.71 Å². The number of nitrogens with two attached hydrogens (primary N) is 1. The Labute approximate surface area is 114 Å². The first-order valence-electron chi connectivity index (χ1n) is 4.64. The van der Waals surface area contributed by atoms with Crippen molar-refractivity contribution in [1.29, 1.82) is 0 Å². The minimum atomic E-state index is -3.81. The summed E-state index contributed by atoms with van der Waals surface area (Å²) in [6, 6.07) is 1.27. The van der Waals surface area contributed by atoms with Crippen LogP contribution in [0, 0.1) is 0 Å². The van der Waals surface area contributed by atoms with Gasteiger partial charge in [-0.05, 0) is 12.5 Å². The highest BCUT2D eigenvalue weighted by molar-refractivity contribution is 7.90. The summed E-state index contributed by atoms with van der Waals surface area (Å²) in [4.78, 5) is 3.73. The molecule has 0 spiro atoms. The summed E-state index contributed by atoms with van der Waals surface area (Å²) in [6.45, 7) is 2.35. The van der Waals surface area contributed by atoms with Crippen molar-refractivity contribution in [3.8, 4) is 0 Å². The molecule has 0 bridgehead atoms. The second-order valence-electron chi connectivity index (χ2n) is 3.06. The number of thiophene rings is 1. The van der Waals surface area contributed by atoms with Crippen LogP contribution in [-0.2, 0) is 10.0 Å². The SMILES string of the molecule is CCCN=C(N)NS(=O)(=O)c1cc(Cl)sc1Cl. The molecule has 0 radical (unpaired) electrons. The minimum absolute atomic E-state index is 0.0887. The zero-order valence-corrected chi connectivity index (χ0v) is 12.0. The summed E-state index contributed by atoms with van der Waals surface area (Å²) in [5.74, 6) is -0.162. The number of rotatable bonds is 4. The largest absolute Gasteiger partial charge is 0.369 e. The zero-order chi connectivity index (χ0) is 13.1. The number of halogens is 2. The van der Waals surface area contributed by atoms with E-state index in [1.165, 1.54) is 6.07 Å². The van der Waals surface area contributed by atoms with Gasteiger partial charge in [-0.3, -0.25) is 4.99 Å². The Bertz CT molecular complexity index is 525. The standard InChI is InChI=1S/C8H11Cl2N3O2S2/c1-2-3-12-8(11)13-17(14,15)5-4-6(9)16-7(5)10/h4H,2-3H2,1H3,(H3,11,12,13). The van der Waals surface area contributed by atoms with Crippen molar-refractivity contribution in [3.05, 3.63) is 14.7 Å². The summed E-state index contributed by atoms with van der Waals surface area (Å²) in [5, 5.41) is 0. The number of aliphatic imine (C=N–C) groups is 1. The van der Waals surface area contributed by atoms with Gasteiger partial charge in [0.05, 0.1) is 4.34 Å². The molecule has 0 aliphatic rings. The number of nitrogens with one attached hydrogen (secondary N) is 1. The van der Waals surface area contributed by atoms with Crippen LogP contribution >= 0.6 is 34.5 Å². The zero-order valence-electron chi connectivity index (χ0n) is 8.91. The van der Waals surface area contributed by atoms with Crippen molar-refractivity contribution < 1.29 is 8.42 Å². The molecule has 0 fully saturated rings. The van der Waals surface area contributed by atoms with Crippen LogP contribution < -0.4 is 10.5 Å². The highest BCUT2D eigenvalue weighted by Crippen LogP contribution is 2.33. The molecule has 5 nitrogen and oxygen atoms in total. The lowest BCUT2D eigenvalue weighted by Gasteiger charge is -2.05. The van der Waals surface area contributed by atoms with Crippen LogP contribution in [0.1, 0.15) is 13.3 Å². The summed E-state index contributed by atoms with van der Waals surface area (Å²) in [6.07, 6.45) is 0.771. The lowest BCUT2D eigenvalue weighted by atomic mass is 10.5. The molecule has 9 heteroatoms. The third-order valence-electron chi connectivity index (χ3n) is 1.66. The Morgan fingerprint density at radius 3 is 2.71 bits per heavy atom. The fourth-order valence-electron chi connectivity index (χ4n) is 0.966. The average molecular weight is 316 g/mol. The van der Waals surface area contributed by atoms with Crippen LogP contribution in [0.4, 0.5) is 0 Å². The van der Waals surface area contributed by atoms with Gasteiger partial charge in [-0.2, -0.15) is 0 Å². The summed E-state index contributed by atoms with van der Waals surface area (Å²) >= 11 is 12.4. The molecule has 0 saturated carbocycles. The maximum absolute atomic E-state index is 11.8. The second-order valence-corrected chi connectivity index (χ2v) is 7.00. The van der Waals surface area contributed by atoms with Crippen molar-refractivity contribution in [2.24, 2.45) is 10.7 Å². The first kappa shape index (κ1) is 14.6. The molecule has 3 N–H and O–H groups in total. The van der Waals surface area contributed by atoms with Gasteiger partial charge in [0.25, 0.3) is 10.0 Å². The van der Waals surface area contributed by atoms with Crippen LogP contribution in [0.25, 0.3) is 0 Å². The Morgan fingerprint density at radius 2 is 2.24 bits per heavy atom. The van der Waals surface area contributed by atoms with Crippen LogP contribution in [0.3, 0.4) is 0 Å². The predicted octanol–water partition coefficient (Wildman–Crippen LogP) is 2.06. The van der Waals surface area contributed by atoms with Crippen molar-refractivity contribution >= 4 is 50.5 Å². The predicted molar refractivity (Wildman–Crippen MR) is 71.4 cm³/mol. The first-order chi connectivity index (χ1) is 7.86. The number of sulfonamides is 1. The molecule has 1 aromatic heterocycles.